The third-order valence-electron chi connectivity index (χ3n) is 17.6. The molecular formula is C74H144O17P2. The summed E-state index contributed by atoms with van der Waals surface area (Å²) in [6.07, 6.45) is 52.8. The lowest BCUT2D eigenvalue weighted by Gasteiger charge is -2.21. The molecule has 3 unspecified atom stereocenters. The SMILES string of the molecule is CCCCCCCCCCCCCCCCCCCCC(=O)O[C@H](COC(=O)CCCCCCCCCCCCCCC(C)C)COP(=O)(O)OC[C@@H](O)COP(=O)(O)OC[C@@H](COC(=O)CCCCCCCCCCCC)OC(=O)CCCCCCCCC(C)CC. The average Bonchev–Trinajstić information content (AvgIpc) is 1.86. The number of rotatable bonds is 73. The molecule has 0 saturated heterocycles. The summed E-state index contributed by atoms with van der Waals surface area (Å²) in [7, 11) is -9.91. The predicted octanol–water partition coefficient (Wildman–Crippen LogP) is 21.6. The van der Waals surface area contributed by atoms with Crippen LogP contribution >= 0.6 is 15.6 Å². The van der Waals surface area contributed by atoms with Crippen molar-refractivity contribution in [3.63, 3.8) is 0 Å². The van der Waals surface area contributed by atoms with E-state index in [1.54, 1.807) is 0 Å². The average molecular weight is 1370 g/mol. The Morgan fingerprint density at radius 3 is 0.817 bits per heavy atom. The molecule has 0 amide bonds. The van der Waals surface area contributed by atoms with Gasteiger partial charge >= 0.3 is 39.5 Å². The fourth-order valence-electron chi connectivity index (χ4n) is 11.3. The molecule has 0 aromatic heterocycles. The van der Waals surface area contributed by atoms with Gasteiger partial charge in [0.15, 0.2) is 12.2 Å². The van der Waals surface area contributed by atoms with E-state index in [-0.39, 0.29) is 25.7 Å². The molecule has 0 aliphatic rings. The van der Waals surface area contributed by atoms with Crippen LogP contribution < -0.4 is 0 Å². The molecule has 0 radical (unpaired) electrons. The van der Waals surface area contributed by atoms with Crippen molar-refractivity contribution < 1.29 is 80.2 Å². The Bertz CT molecular complexity index is 1810. The number of hydrogen-bond acceptors (Lipinski definition) is 15. The molecule has 17 nitrogen and oxygen atoms in total. The standard InChI is InChI=1S/C74H144O17P2/c1-7-10-12-14-16-18-20-21-22-23-24-25-26-31-35-39-46-52-58-73(78)90-69(62-84-72(77)57-51-45-38-34-30-28-27-29-32-36-42-48-54-66(4)5)64-88-92(80,81)86-60-68(75)61-87-93(82,83)89-65-70(91-74(79)59-53-47-41-40-43-49-55-67(6)9-3)63-85-71(76)56-50-44-37-33-19-17-15-13-11-8-2/h66-70,75H,7-65H2,1-6H3,(H,80,81)(H,82,83)/t67?,68-,69-,70-/m1/s1. The van der Waals surface area contributed by atoms with E-state index in [9.17, 15) is 43.2 Å². The Kier molecular flexibility index (Phi) is 64.6. The van der Waals surface area contributed by atoms with Gasteiger partial charge in [-0.3, -0.25) is 37.3 Å². The first-order valence-corrected chi connectivity index (χ1v) is 41.5. The van der Waals surface area contributed by atoms with Gasteiger partial charge in [0.25, 0.3) is 0 Å². The molecule has 0 rings (SSSR count). The molecule has 0 aliphatic carbocycles. The minimum absolute atomic E-state index is 0.103. The number of phosphoric ester groups is 2. The molecule has 0 saturated carbocycles. The monoisotopic (exact) mass is 1370 g/mol. The topological polar surface area (TPSA) is 237 Å². The Labute approximate surface area is 568 Å². The number of ether oxygens (including phenoxy) is 4. The van der Waals surface area contributed by atoms with Gasteiger partial charge in [-0.15, -0.1) is 0 Å². The molecule has 0 heterocycles. The van der Waals surface area contributed by atoms with Crippen molar-refractivity contribution in [3.8, 4) is 0 Å². The van der Waals surface area contributed by atoms with Crippen molar-refractivity contribution in [1.82, 2.24) is 0 Å². The lowest BCUT2D eigenvalue weighted by atomic mass is 10.00. The Balaban J connectivity index is 5.23. The molecule has 0 spiro atoms. The molecule has 0 fully saturated rings. The Hall–Kier alpha value is -1.94. The van der Waals surface area contributed by atoms with E-state index in [0.717, 1.165) is 102 Å². The van der Waals surface area contributed by atoms with E-state index >= 15 is 0 Å². The number of carbonyl (C=O) groups excluding carboxylic acids is 4. The summed E-state index contributed by atoms with van der Waals surface area (Å²) in [6.45, 7) is 9.54. The van der Waals surface area contributed by atoms with Crippen LogP contribution in [0.2, 0.25) is 0 Å². The minimum Gasteiger partial charge on any atom is -0.462 e. The van der Waals surface area contributed by atoms with Gasteiger partial charge in [-0.05, 0) is 37.5 Å². The molecule has 552 valence electrons. The minimum atomic E-state index is -4.96. The molecule has 0 aromatic carbocycles. The van der Waals surface area contributed by atoms with Gasteiger partial charge < -0.3 is 33.8 Å². The molecule has 0 bridgehead atoms. The molecule has 6 atom stereocenters. The summed E-state index contributed by atoms with van der Waals surface area (Å²) >= 11 is 0. The first-order chi connectivity index (χ1) is 44.9. The number of aliphatic hydroxyl groups excluding tert-OH is 1. The molecule has 0 aliphatic heterocycles. The van der Waals surface area contributed by atoms with Crippen molar-refractivity contribution in [2.24, 2.45) is 11.8 Å². The largest absolute Gasteiger partial charge is 0.472 e. The van der Waals surface area contributed by atoms with Crippen LogP contribution in [0.15, 0.2) is 0 Å². The zero-order valence-electron chi connectivity index (χ0n) is 60.6. The molecule has 19 heteroatoms. The zero-order chi connectivity index (χ0) is 68.6. The molecule has 0 aromatic rings. The third-order valence-corrected chi connectivity index (χ3v) is 19.5. The number of hydrogen-bond donors (Lipinski definition) is 3. The number of aliphatic hydroxyl groups is 1. The highest BCUT2D eigenvalue weighted by atomic mass is 31.2. The first-order valence-electron chi connectivity index (χ1n) is 38.5. The highest BCUT2D eigenvalue weighted by Gasteiger charge is 2.30. The fourth-order valence-corrected chi connectivity index (χ4v) is 12.8. The third kappa shape index (κ3) is 67.0. The van der Waals surface area contributed by atoms with E-state index in [4.69, 9.17) is 37.0 Å². The van der Waals surface area contributed by atoms with Crippen LogP contribution in [-0.4, -0.2) is 96.7 Å². The van der Waals surface area contributed by atoms with E-state index in [1.165, 1.54) is 199 Å². The first kappa shape index (κ1) is 91.1. The van der Waals surface area contributed by atoms with Gasteiger partial charge in [0, 0.05) is 25.7 Å². The zero-order valence-corrected chi connectivity index (χ0v) is 62.3. The molecule has 3 N–H and O–H groups in total. The highest BCUT2D eigenvalue weighted by Crippen LogP contribution is 2.45. The number of esters is 4. The van der Waals surface area contributed by atoms with Crippen LogP contribution in [0.25, 0.3) is 0 Å². The fraction of sp³-hybridized carbons (Fsp3) is 0.946. The van der Waals surface area contributed by atoms with Crippen LogP contribution in [-0.2, 0) is 65.4 Å². The van der Waals surface area contributed by atoms with Crippen molar-refractivity contribution in [1.29, 1.82) is 0 Å². The molecule has 93 heavy (non-hydrogen) atoms. The van der Waals surface area contributed by atoms with Crippen LogP contribution in [0.1, 0.15) is 382 Å². The van der Waals surface area contributed by atoms with Gasteiger partial charge in [-0.2, -0.15) is 0 Å². The van der Waals surface area contributed by atoms with Gasteiger partial charge in [0.2, 0.25) is 0 Å². The van der Waals surface area contributed by atoms with Gasteiger partial charge in [0.05, 0.1) is 26.4 Å². The van der Waals surface area contributed by atoms with Crippen molar-refractivity contribution in [3.05, 3.63) is 0 Å². The predicted molar refractivity (Wildman–Crippen MR) is 377 cm³/mol. The maximum atomic E-state index is 13.1. The van der Waals surface area contributed by atoms with Crippen LogP contribution in [0.5, 0.6) is 0 Å². The second-order valence-electron chi connectivity index (χ2n) is 27.4. The van der Waals surface area contributed by atoms with E-state index in [2.05, 4.69) is 41.5 Å². The maximum Gasteiger partial charge on any atom is 0.472 e. The lowest BCUT2D eigenvalue weighted by molar-refractivity contribution is -0.161. The van der Waals surface area contributed by atoms with E-state index < -0.39 is 97.5 Å². The van der Waals surface area contributed by atoms with Gasteiger partial charge in [-0.25, -0.2) is 9.13 Å². The van der Waals surface area contributed by atoms with Crippen molar-refractivity contribution >= 4 is 39.5 Å². The lowest BCUT2D eigenvalue weighted by Crippen LogP contribution is -2.30. The summed E-state index contributed by atoms with van der Waals surface area (Å²) in [5.41, 5.74) is 0. The van der Waals surface area contributed by atoms with Crippen LogP contribution in [0, 0.1) is 11.8 Å². The normalized spacial score (nSPS) is 14.3. The summed E-state index contributed by atoms with van der Waals surface area (Å²) in [5, 5.41) is 10.6. The summed E-state index contributed by atoms with van der Waals surface area (Å²) in [5.74, 6) is -0.619. The quantitative estimate of drug-likeness (QED) is 0.0222. The van der Waals surface area contributed by atoms with Crippen molar-refractivity contribution in [2.75, 3.05) is 39.6 Å². The summed E-state index contributed by atoms with van der Waals surface area (Å²) < 4.78 is 68.4. The second-order valence-corrected chi connectivity index (χ2v) is 30.3. The maximum absolute atomic E-state index is 13.1. The Morgan fingerprint density at radius 2 is 0.548 bits per heavy atom. The second kappa shape index (κ2) is 66.0. The van der Waals surface area contributed by atoms with Crippen molar-refractivity contribution in [2.45, 2.75) is 400 Å². The van der Waals surface area contributed by atoms with Crippen LogP contribution in [0.3, 0.4) is 0 Å². The number of carbonyl (C=O) groups is 4. The van der Waals surface area contributed by atoms with E-state index in [1.807, 2.05) is 0 Å². The number of phosphoric acid groups is 2. The number of unbranched alkanes of at least 4 members (excludes halogenated alkanes) is 42. The summed E-state index contributed by atoms with van der Waals surface area (Å²) in [4.78, 5) is 72.7. The smallest absolute Gasteiger partial charge is 0.462 e. The van der Waals surface area contributed by atoms with Gasteiger partial charge in [-0.1, -0.05) is 330 Å². The molecular weight excluding hydrogens is 1220 g/mol. The van der Waals surface area contributed by atoms with Gasteiger partial charge in [0.1, 0.15) is 19.3 Å². The van der Waals surface area contributed by atoms with Crippen LogP contribution in [0.4, 0.5) is 0 Å². The van der Waals surface area contributed by atoms with E-state index in [0.29, 0.717) is 25.7 Å². The highest BCUT2D eigenvalue weighted by molar-refractivity contribution is 7.47. The Morgan fingerprint density at radius 1 is 0.312 bits per heavy atom. The summed E-state index contributed by atoms with van der Waals surface area (Å²) in [6, 6.07) is 0.